The summed E-state index contributed by atoms with van der Waals surface area (Å²) in [5.74, 6) is 1.24. The molecule has 5 atom stereocenters. The predicted molar refractivity (Wildman–Crippen MR) is 86.2 cm³/mol. The zero-order valence-corrected chi connectivity index (χ0v) is 14.6. The van der Waals surface area contributed by atoms with Gasteiger partial charge in [-0.25, -0.2) is 0 Å². The smallest absolute Gasteiger partial charge is 0.230 e. The Kier molecular flexibility index (Phi) is 3.14. The number of methoxy groups -OCH3 is 1. The minimum atomic E-state index is -0.428. The van der Waals surface area contributed by atoms with Crippen LogP contribution in [0.5, 0.6) is 5.75 Å². The van der Waals surface area contributed by atoms with Crippen molar-refractivity contribution < 1.29 is 14.3 Å². The summed E-state index contributed by atoms with van der Waals surface area (Å²) in [5.41, 5.74) is 0.892. The number of alkyl halides is 2. The molecule has 112 valence electrons. The average Bonchev–Trinajstić information content (AvgIpc) is 2.94. The molecule has 1 saturated carbocycles. The first-order valence-electron chi connectivity index (χ1n) is 7.00. The quantitative estimate of drug-likeness (QED) is 0.695. The van der Waals surface area contributed by atoms with Crippen LogP contribution in [0.4, 0.5) is 5.69 Å². The third-order valence-electron chi connectivity index (χ3n) is 4.80. The first-order chi connectivity index (χ1) is 10.0. The van der Waals surface area contributed by atoms with Crippen LogP contribution in [0.1, 0.15) is 6.42 Å². The molecule has 3 aliphatic rings. The third-order valence-corrected chi connectivity index (χ3v) is 6.93. The van der Waals surface area contributed by atoms with Crippen molar-refractivity contribution in [1.29, 1.82) is 0 Å². The molecule has 2 heterocycles. The van der Waals surface area contributed by atoms with Crippen LogP contribution in [0, 0.1) is 11.8 Å². The lowest BCUT2D eigenvalue weighted by Gasteiger charge is -2.46. The molecule has 1 aromatic rings. The molecule has 0 spiro atoms. The molecule has 1 amide bonds. The first-order valence-corrected chi connectivity index (χ1v) is 8.70. The van der Waals surface area contributed by atoms with Gasteiger partial charge in [0.05, 0.1) is 19.8 Å². The van der Waals surface area contributed by atoms with Gasteiger partial charge in [0.15, 0.2) is 0 Å². The fraction of sp³-hybridized carbons (Fsp3) is 0.533. The van der Waals surface area contributed by atoms with Crippen molar-refractivity contribution in [2.75, 3.05) is 18.6 Å². The van der Waals surface area contributed by atoms with Crippen LogP contribution < -0.4 is 9.64 Å². The topological polar surface area (TPSA) is 38.8 Å². The molecule has 0 radical (unpaired) electrons. The lowest BCUT2D eigenvalue weighted by Crippen LogP contribution is -2.58. The van der Waals surface area contributed by atoms with E-state index in [4.69, 9.17) is 9.47 Å². The number of ether oxygens (including phenoxy) is 2. The Hall–Kier alpha value is -0.590. The number of carbonyl (C=O) groups excluding carboxylic acids is 1. The van der Waals surface area contributed by atoms with Crippen LogP contribution in [0.2, 0.25) is 0 Å². The summed E-state index contributed by atoms with van der Waals surface area (Å²) in [7, 11) is 1.64. The summed E-state index contributed by atoms with van der Waals surface area (Å²) < 4.78 is 10.9. The van der Waals surface area contributed by atoms with E-state index in [-0.39, 0.29) is 28.7 Å². The van der Waals surface area contributed by atoms with Gasteiger partial charge in [-0.3, -0.25) is 4.79 Å². The van der Waals surface area contributed by atoms with Crippen molar-refractivity contribution in [2.24, 2.45) is 11.8 Å². The monoisotopic (exact) mass is 415 g/mol. The van der Waals surface area contributed by atoms with E-state index in [0.29, 0.717) is 6.54 Å². The molecular formula is C15H15Br2NO3. The molecule has 0 aromatic heterocycles. The standard InChI is InChI=1S/C15H15Br2NO3/c1-20-9-4-2-8(3-5-9)18-7-15(17)12-10(14(18)19)6-11(21-15)13(12)16/h2-5,10-13H,6-7H2,1H3/t10-,11+,12-,13+,15-/m1/s1. The number of benzene rings is 1. The van der Waals surface area contributed by atoms with Crippen LogP contribution in [0.3, 0.4) is 0 Å². The second kappa shape index (κ2) is 4.70. The number of hydrogen-bond donors (Lipinski definition) is 0. The Morgan fingerprint density at radius 1 is 1.38 bits per heavy atom. The van der Waals surface area contributed by atoms with Crippen LogP contribution in [-0.4, -0.2) is 35.0 Å². The number of piperidine rings is 1. The molecule has 3 fully saturated rings. The summed E-state index contributed by atoms with van der Waals surface area (Å²) in [6.45, 7) is 0.540. The van der Waals surface area contributed by atoms with Gasteiger partial charge >= 0.3 is 0 Å². The lowest BCUT2D eigenvalue weighted by atomic mass is 9.85. The highest BCUT2D eigenvalue weighted by Gasteiger charge is 2.66. The number of anilines is 1. The molecular weight excluding hydrogens is 402 g/mol. The van der Waals surface area contributed by atoms with Gasteiger partial charge in [0.1, 0.15) is 10.3 Å². The minimum absolute atomic E-state index is 0.0309. The number of rotatable bonds is 2. The maximum atomic E-state index is 12.8. The highest BCUT2D eigenvalue weighted by molar-refractivity contribution is 9.10. The van der Waals surface area contributed by atoms with E-state index >= 15 is 0 Å². The van der Waals surface area contributed by atoms with E-state index in [9.17, 15) is 4.79 Å². The first kappa shape index (κ1) is 14.0. The van der Waals surface area contributed by atoms with Crippen LogP contribution >= 0.6 is 31.9 Å². The number of halogens is 2. The van der Waals surface area contributed by atoms with E-state index in [1.807, 2.05) is 29.2 Å². The largest absolute Gasteiger partial charge is 0.497 e. The summed E-state index contributed by atoms with van der Waals surface area (Å²) in [5, 5.41) is 0. The van der Waals surface area contributed by atoms with Gasteiger partial charge in [-0.05, 0) is 30.7 Å². The molecule has 0 N–H and O–H groups in total. The van der Waals surface area contributed by atoms with Crippen molar-refractivity contribution in [1.82, 2.24) is 0 Å². The average molecular weight is 417 g/mol. The summed E-state index contributed by atoms with van der Waals surface area (Å²) >= 11 is 7.46. The van der Waals surface area contributed by atoms with E-state index in [1.54, 1.807) is 7.11 Å². The normalized spacial score (nSPS) is 40.7. The zero-order valence-electron chi connectivity index (χ0n) is 11.5. The summed E-state index contributed by atoms with van der Waals surface area (Å²) in [6, 6.07) is 7.60. The molecule has 6 heteroatoms. The second-order valence-corrected chi connectivity index (χ2v) is 8.28. The second-order valence-electron chi connectivity index (χ2n) is 5.88. The van der Waals surface area contributed by atoms with Crippen LogP contribution in [0.25, 0.3) is 0 Å². The predicted octanol–water partition coefficient (Wildman–Crippen LogP) is 2.93. The lowest BCUT2D eigenvalue weighted by molar-refractivity contribution is -0.135. The number of nitrogens with zero attached hydrogens (tertiary/aromatic N) is 1. The van der Waals surface area contributed by atoms with Crippen molar-refractivity contribution in [2.45, 2.75) is 21.9 Å². The number of fused-ring (bicyclic) bond motifs is 1. The number of hydrogen-bond acceptors (Lipinski definition) is 3. The molecule has 2 saturated heterocycles. The molecule has 2 aliphatic heterocycles. The number of carbonyl (C=O) groups is 1. The van der Waals surface area contributed by atoms with Gasteiger partial charge in [0.25, 0.3) is 0 Å². The van der Waals surface area contributed by atoms with E-state index in [1.165, 1.54) is 0 Å². The number of amides is 1. The maximum absolute atomic E-state index is 12.8. The maximum Gasteiger partial charge on any atom is 0.230 e. The molecule has 0 unspecified atom stereocenters. The Morgan fingerprint density at radius 2 is 2.10 bits per heavy atom. The van der Waals surface area contributed by atoms with Gasteiger partial charge < -0.3 is 14.4 Å². The Morgan fingerprint density at radius 3 is 2.71 bits per heavy atom. The fourth-order valence-electron chi connectivity index (χ4n) is 3.83. The molecule has 4 nitrogen and oxygen atoms in total. The van der Waals surface area contributed by atoms with E-state index in [2.05, 4.69) is 31.9 Å². The molecule has 1 aliphatic carbocycles. The molecule has 1 aromatic carbocycles. The summed E-state index contributed by atoms with van der Waals surface area (Å²) in [4.78, 5) is 14.9. The third kappa shape index (κ3) is 1.92. The van der Waals surface area contributed by atoms with Gasteiger partial charge in [-0.2, -0.15) is 0 Å². The van der Waals surface area contributed by atoms with Crippen molar-refractivity contribution in [3.63, 3.8) is 0 Å². The van der Waals surface area contributed by atoms with Crippen LogP contribution in [0.15, 0.2) is 24.3 Å². The Bertz CT molecular complexity index is 593. The molecule has 4 rings (SSSR count). The fourth-order valence-corrected chi connectivity index (χ4v) is 6.40. The van der Waals surface area contributed by atoms with E-state index in [0.717, 1.165) is 17.9 Å². The van der Waals surface area contributed by atoms with Crippen molar-refractivity contribution in [3.05, 3.63) is 24.3 Å². The van der Waals surface area contributed by atoms with Gasteiger partial charge in [-0.1, -0.05) is 31.9 Å². The molecule has 21 heavy (non-hydrogen) atoms. The SMILES string of the molecule is COc1ccc(N2C[C@@]3(Br)O[C@H]4C[C@@H](C2=O)[C@@H]3[C@H]4Br)cc1. The van der Waals surface area contributed by atoms with Crippen molar-refractivity contribution >= 4 is 43.5 Å². The Labute approximate surface area is 140 Å². The van der Waals surface area contributed by atoms with Crippen molar-refractivity contribution in [3.8, 4) is 5.75 Å². The van der Waals surface area contributed by atoms with Gasteiger partial charge in [0, 0.05) is 22.4 Å². The Balaban J connectivity index is 1.67. The van der Waals surface area contributed by atoms with Gasteiger partial charge in [-0.15, -0.1) is 0 Å². The van der Waals surface area contributed by atoms with Gasteiger partial charge in [0.2, 0.25) is 5.91 Å². The highest BCUT2D eigenvalue weighted by Crippen LogP contribution is 2.59. The van der Waals surface area contributed by atoms with Crippen LogP contribution in [-0.2, 0) is 9.53 Å². The summed E-state index contributed by atoms with van der Waals surface area (Å²) in [6.07, 6.45) is 0.945. The molecule has 2 bridgehead atoms. The zero-order chi connectivity index (χ0) is 14.8. The highest BCUT2D eigenvalue weighted by atomic mass is 79.9. The minimum Gasteiger partial charge on any atom is -0.497 e. The van der Waals surface area contributed by atoms with E-state index < -0.39 is 4.51 Å².